The molecule has 0 unspecified atom stereocenters. The third-order valence-electron chi connectivity index (χ3n) is 4.69. The molecule has 1 aliphatic carbocycles. The number of aryl methyl sites for hydroxylation is 1. The third-order valence-corrected chi connectivity index (χ3v) is 4.69. The van der Waals surface area contributed by atoms with Crippen molar-refractivity contribution in [2.45, 2.75) is 38.3 Å². The maximum Gasteiger partial charge on any atom is 0.275 e. The molecule has 0 spiro atoms. The highest BCUT2D eigenvalue weighted by atomic mass is 16.2. The van der Waals surface area contributed by atoms with Gasteiger partial charge in [0.1, 0.15) is 6.04 Å². The van der Waals surface area contributed by atoms with Crippen molar-refractivity contribution >= 4 is 5.91 Å². The molecule has 3 nitrogen and oxygen atoms in total. The summed E-state index contributed by atoms with van der Waals surface area (Å²) in [6, 6.07) is 19.2. The third kappa shape index (κ3) is 3.99. The Hall–Kier alpha value is -2.13. The lowest BCUT2D eigenvalue weighted by atomic mass is 9.88. The van der Waals surface area contributed by atoms with Crippen molar-refractivity contribution in [2.75, 3.05) is 6.54 Å². The molecule has 2 aromatic carbocycles. The number of nitrogens with one attached hydrogen (secondary N) is 1. The summed E-state index contributed by atoms with van der Waals surface area (Å²) in [6.45, 7) is 2.60. The zero-order valence-corrected chi connectivity index (χ0v) is 13.7. The second kappa shape index (κ2) is 7.42. The zero-order chi connectivity index (χ0) is 16.1. The van der Waals surface area contributed by atoms with Gasteiger partial charge in [0.15, 0.2) is 6.54 Å². The van der Waals surface area contributed by atoms with Crippen molar-refractivity contribution in [3.8, 4) is 0 Å². The Morgan fingerprint density at radius 3 is 2.74 bits per heavy atom. The van der Waals surface area contributed by atoms with Gasteiger partial charge in [0.05, 0.1) is 6.04 Å². The normalized spacial score (nSPS) is 18.0. The van der Waals surface area contributed by atoms with E-state index >= 15 is 0 Å². The first-order valence-corrected chi connectivity index (χ1v) is 8.49. The monoisotopic (exact) mass is 309 g/mol. The number of nitrogens with two attached hydrogens (primary N) is 1. The van der Waals surface area contributed by atoms with Crippen molar-refractivity contribution in [2.24, 2.45) is 0 Å². The SMILES string of the molecule is C[C@H]([NH2+]CC(=O)N[C@H]1CCCc2ccccc21)c1ccccc1. The van der Waals surface area contributed by atoms with Crippen LogP contribution in [0.4, 0.5) is 0 Å². The van der Waals surface area contributed by atoms with Crippen LogP contribution in [0.2, 0.25) is 0 Å². The summed E-state index contributed by atoms with van der Waals surface area (Å²) in [7, 11) is 0. The van der Waals surface area contributed by atoms with Gasteiger partial charge < -0.3 is 10.6 Å². The van der Waals surface area contributed by atoms with Gasteiger partial charge in [-0.3, -0.25) is 4.79 Å². The number of hydrogen-bond donors (Lipinski definition) is 2. The molecule has 120 valence electrons. The van der Waals surface area contributed by atoms with Gasteiger partial charge in [-0.05, 0) is 37.3 Å². The van der Waals surface area contributed by atoms with Crippen LogP contribution in [0.25, 0.3) is 0 Å². The smallest absolute Gasteiger partial charge is 0.275 e. The molecule has 23 heavy (non-hydrogen) atoms. The molecule has 0 aromatic heterocycles. The Labute approximate surface area is 138 Å². The minimum atomic E-state index is 0.120. The van der Waals surface area contributed by atoms with Crippen LogP contribution in [0, 0.1) is 0 Å². The molecule has 3 heteroatoms. The average Bonchev–Trinajstić information content (AvgIpc) is 2.61. The molecule has 0 aliphatic heterocycles. The first-order chi connectivity index (χ1) is 11.2. The highest BCUT2D eigenvalue weighted by Gasteiger charge is 2.22. The van der Waals surface area contributed by atoms with Gasteiger partial charge in [-0.1, -0.05) is 54.6 Å². The van der Waals surface area contributed by atoms with Gasteiger partial charge >= 0.3 is 0 Å². The maximum atomic E-state index is 12.3. The first kappa shape index (κ1) is 15.8. The molecule has 1 aliphatic rings. The lowest BCUT2D eigenvalue weighted by Crippen LogP contribution is -2.87. The number of fused-ring (bicyclic) bond motifs is 1. The number of hydrogen-bond acceptors (Lipinski definition) is 1. The number of carbonyl (C=O) groups excluding carboxylic acids is 1. The van der Waals surface area contributed by atoms with E-state index in [2.05, 4.69) is 54.0 Å². The Morgan fingerprint density at radius 1 is 1.17 bits per heavy atom. The first-order valence-electron chi connectivity index (χ1n) is 8.49. The predicted molar refractivity (Wildman–Crippen MR) is 91.9 cm³/mol. The molecular weight excluding hydrogens is 284 g/mol. The van der Waals surface area contributed by atoms with E-state index in [1.54, 1.807) is 0 Å². The van der Waals surface area contributed by atoms with Gasteiger partial charge in [-0.2, -0.15) is 0 Å². The quantitative estimate of drug-likeness (QED) is 0.876. The Morgan fingerprint density at radius 2 is 1.91 bits per heavy atom. The lowest BCUT2D eigenvalue weighted by Gasteiger charge is -2.26. The minimum Gasteiger partial charge on any atom is -0.344 e. The van der Waals surface area contributed by atoms with Gasteiger partial charge in [0, 0.05) is 5.56 Å². The molecular formula is C20H25N2O+. The zero-order valence-electron chi connectivity index (χ0n) is 13.7. The summed E-state index contributed by atoms with van der Waals surface area (Å²) in [5.41, 5.74) is 3.93. The van der Waals surface area contributed by atoms with Crippen LogP contribution in [0.1, 0.15) is 48.5 Å². The van der Waals surface area contributed by atoms with E-state index in [1.165, 1.54) is 16.7 Å². The second-order valence-corrected chi connectivity index (χ2v) is 6.35. The van der Waals surface area contributed by atoms with Crippen LogP contribution in [0.3, 0.4) is 0 Å². The molecule has 0 radical (unpaired) electrons. The number of benzene rings is 2. The number of amides is 1. The average molecular weight is 309 g/mol. The van der Waals surface area contributed by atoms with E-state index in [-0.39, 0.29) is 11.9 Å². The summed E-state index contributed by atoms with van der Waals surface area (Å²) in [5, 5.41) is 5.31. The van der Waals surface area contributed by atoms with E-state index in [9.17, 15) is 4.79 Å². The summed E-state index contributed by atoms with van der Waals surface area (Å²) < 4.78 is 0. The number of quaternary nitrogens is 1. The largest absolute Gasteiger partial charge is 0.344 e. The Kier molecular flexibility index (Phi) is 5.09. The van der Waals surface area contributed by atoms with Crippen LogP contribution in [-0.2, 0) is 11.2 Å². The Balaban J connectivity index is 1.54. The summed E-state index contributed by atoms with van der Waals surface area (Å²) in [5.74, 6) is 0.120. The number of rotatable bonds is 5. The van der Waals surface area contributed by atoms with Crippen molar-refractivity contribution in [1.82, 2.24) is 5.32 Å². The van der Waals surface area contributed by atoms with E-state index in [0.717, 1.165) is 19.3 Å². The fourth-order valence-corrected chi connectivity index (χ4v) is 3.33. The fraction of sp³-hybridized carbons (Fsp3) is 0.350. The molecule has 3 N–H and O–H groups in total. The molecule has 0 fully saturated rings. The fourth-order valence-electron chi connectivity index (χ4n) is 3.33. The molecule has 0 saturated carbocycles. The highest BCUT2D eigenvalue weighted by Crippen LogP contribution is 2.29. The molecule has 0 saturated heterocycles. The van der Waals surface area contributed by atoms with Crippen LogP contribution in [0.5, 0.6) is 0 Å². The molecule has 0 heterocycles. The summed E-state index contributed by atoms with van der Waals surface area (Å²) >= 11 is 0. The molecule has 1 amide bonds. The highest BCUT2D eigenvalue weighted by molar-refractivity contribution is 5.77. The van der Waals surface area contributed by atoms with E-state index < -0.39 is 0 Å². The van der Waals surface area contributed by atoms with Gasteiger partial charge in [-0.15, -0.1) is 0 Å². The number of carbonyl (C=O) groups is 1. The second-order valence-electron chi connectivity index (χ2n) is 6.35. The van der Waals surface area contributed by atoms with Crippen LogP contribution in [0.15, 0.2) is 54.6 Å². The van der Waals surface area contributed by atoms with Gasteiger partial charge in [0.25, 0.3) is 5.91 Å². The van der Waals surface area contributed by atoms with Crippen LogP contribution in [-0.4, -0.2) is 12.5 Å². The van der Waals surface area contributed by atoms with Crippen molar-refractivity contribution in [3.63, 3.8) is 0 Å². The van der Waals surface area contributed by atoms with E-state index in [4.69, 9.17) is 0 Å². The Bertz CT molecular complexity index is 654. The molecule has 3 rings (SSSR count). The van der Waals surface area contributed by atoms with E-state index in [0.29, 0.717) is 12.6 Å². The van der Waals surface area contributed by atoms with Crippen molar-refractivity contribution in [1.29, 1.82) is 0 Å². The molecule has 0 bridgehead atoms. The molecule has 2 atom stereocenters. The molecule has 2 aromatic rings. The summed E-state index contributed by atoms with van der Waals surface area (Å²) in [6.07, 6.45) is 3.31. The van der Waals surface area contributed by atoms with Gasteiger partial charge in [-0.25, -0.2) is 0 Å². The van der Waals surface area contributed by atoms with Gasteiger partial charge in [0.2, 0.25) is 0 Å². The van der Waals surface area contributed by atoms with Crippen LogP contribution < -0.4 is 10.6 Å². The van der Waals surface area contributed by atoms with Crippen molar-refractivity contribution < 1.29 is 10.1 Å². The van der Waals surface area contributed by atoms with Crippen LogP contribution >= 0.6 is 0 Å². The van der Waals surface area contributed by atoms with Crippen molar-refractivity contribution in [3.05, 3.63) is 71.3 Å². The lowest BCUT2D eigenvalue weighted by molar-refractivity contribution is -0.682. The predicted octanol–water partition coefficient (Wildman–Crippen LogP) is 2.50. The topological polar surface area (TPSA) is 45.7 Å². The summed E-state index contributed by atoms with van der Waals surface area (Å²) in [4.78, 5) is 12.3. The van der Waals surface area contributed by atoms with E-state index in [1.807, 2.05) is 18.2 Å². The minimum absolute atomic E-state index is 0.120. The standard InChI is InChI=1S/C20H24N2O/c1-15(16-8-3-2-4-9-16)21-14-20(23)22-19-13-7-11-17-10-5-6-12-18(17)19/h2-6,8-10,12,15,19,21H,7,11,13-14H2,1H3,(H,22,23)/p+1/t15-,19-/m0/s1. The maximum absolute atomic E-state index is 12.3.